The van der Waals surface area contributed by atoms with Gasteiger partial charge in [0, 0.05) is 6.42 Å². The molecular weight excluding hydrogens is 546 g/mol. The molecule has 9 heteroatoms. The number of ketones is 1. The highest BCUT2D eigenvalue weighted by molar-refractivity contribution is 6.06. The Kier molecular flexibility index (Phi) is 7.95. The molecule has 1 aliphatic heterocycles. The first-order chi connectivity index (χ1) is 20.8. The highest BCUT2D eigenvalue weighted by Crippen LogP contribution is 2.61. The van der Waals surface area contributed by atoms with Gasteiger partial charge in [0.1, 0.15) is 12.4 Å². The van der Waals surface area contributed by atoms with Crippen LogP contribution in [0.4, 0.5) is 4.79 Å². The Bertz CT molecular complexity index is 1430. The van der Waals surface area contributed by atoms with Crippen molar-refractivity contribution in [2.24, 2.45) is 35.0 Å². The minimum absolute atomic E-state index is 0.0514. The summed E-state index contributed by atoms with van der Waals surface area (Å²) in [6.45, 7) is 0.264. The number of fused-ring (bicyclic) bond motifs is 2. The van der Waals surface area contributed by atoms with Crippen molar-refractivity contribution >= 4 is 23.7 Å². The molecular formula is C34H37N3O6. The zero-order valence-electron chi connectivity index (χ0n) is 24.4. The topological polar surface area (TPSA) is 126 Å². The van der Waals surface area contributed by atoms with Crippen LogP contribution in [0.3, 0.4) is 0 Å². The number of imide groups is 1. The summed E-state index contributed by atoms with van der Waals surface area (Å²) >= 11 is 0. The van der Waals surface area contributed by atoms with Crippen LogP contribution in [0.25, 0.3) is 0 Å². The Morgan fingerprint density at radius 3 is 2.40 bits per heavy atom. The third-order valence-corrected chi connectivity index (χ3v) is 9.99. The van der Waals surface area contributed by atoms with E-state index >= 15 is 0 Å². The smallest absolute Gasteiger partial charge is 0.408 e. The lowest BCUT2D eigenvalue weighted by molar-refractivity contribution is -0.142. The molecule has 1 N–H and O–H groups in total. The van der Waals surface area contributed by atoms with Gasteiger partial charge in [-0.3, -0.25) is 19.3 Å². The molecule has 5 fully saturated rings. The number of nitriles is 1. The molecule has 4 aliphatic carbocycles. The third-order valence-electron chi connectivity index (χ3n) is 9.99. The van der Waals surface area contributed by atoms with E-state index in [9.17, 15) is 24.4 Å². The highest BCUT2D eigenvalue weighted by Gasteiger charge is 2.65. The van der Waals surface area contributed by atoms with E-state index in [4.69, 9.17) is 9.47 Å². The van der Waals surface area contributed by atoms with E-state index in [2.05, 4.69) is 11.4 Å². The number of nitrogens with one attached hydrogen (secondary N) is 1. The molecule has 2 aromatic carbocycles. The predicted octanol–water partition coefficient (Wildman–Crippen LogP) is 4.79. The molecule has 0 spiro atoms. The fourth-order valence-corrected chi connectivity index (χ4v) is 7.65. The van der Waals surface area contributed by atoms with E-state index in [1.807, 2.05) is 42.5 Å². The number of hydrogen-bond donors (Lipinski definition) is 1. The number of nitrogens with zero attached hydrogens (tertiary/aromatic N) is 2. The Hall–Kier alpha value is -4.19. The normalized spacial score (nSPS) is 28.1. The summed E-state index contributed by atoms with van der Waals surface area (Å²) in [5, 5.41) is 13.3. The van der Waals surface area contributed by atoms with Crippen molar-refractivity contribution in [3.8, 4) is 11.8 Å². The van der Waals surface area contributed by atoms with Crippen LogP contribution in [0.2, 0.25) is 0 Å². The van der Waals surface area contributed by atoms with Crippen molar-refractivity contribution in [1.82, 2.24) is 10.2 Å². The first-order valence-corrected chi connectivity index (χ1v) is 15.2. The number of methoxy groups -OCH3 is 1. The van der Waals surface area contributed by atoms with Crippen molar-refractivity contribution in [2.45, 2.75) is 64.1 Å². The molecule has 7 rings (SSSR count). The maximum Gasteiger partial charge on any atom is 0.408 e. The van der Waals surface area contributed by atoms with Crippen LogP contribution in [0, 0.1) is 46.3 Å². The molecule has 0 radical (unpaired) electrons. The van der Waals surface area contributed by atoms with Gasteiger partial charge in [-0.05, 0) is 66.7 Å². The van der Waals surface area contributed by atoms with Crippen LogP contribution in [0.1, 0.15) is 56.1 Å². The molecule has 4 saturated carbocycles. The molecule has 43 heavy (non-hydrogen) atoms. The van der Waals surface area contributed by atoms with E-state index in [0.29, 0.717) is 30.9 Å². The summed E-state index contributed by atoms with van der Waals surface area (Å²) in [5.41, 5.74) is 0.615. The highest BCUT2D eigenvalue weighted by atomic mass is 16.5. The Morgan fingerprint density at radius 1 is 1.00 bits per heavy atom. The minimum Gasteiger partial charge on any atom is -0.497 e. The van der Waals surface area contributed by atoms with Gasteiger partial charge in [0.05, 0.1) is 43.0 Å². The minimum atomic E-state index is -1.05. The average molecular weight is 584 g/mol. The lowest BCUT2D eigenvalue weighted by atomic mass is 9.48. The second-order valence-electron chi connectivity index (χ2n) is 12.7. The molecule has 1 heterocycles. The van der Waals surface area contributed by atoms with Gasteiger partial charge in [0.15, 0.2) is 5.78 Å². The predicted molar refractivity (Wildman–Crippen MR) is 155 cm³/mol. The molecule has 9 nitrogen and oxygen atoms in total. The largest absolute Gasteiger partial charge is 0.497 e. The average Bonchev–Trinajstić information content (AvgIpc) is 3.82. The number of Topliss-reactive ketones (excluding diaryl/α,β-unsaturated/α-hetero) is 1. The van der Waals surface area contributed by atoms with Gasteiger partial charge in [-0.25, -0.2) is 4.79 Å². The molecule has 6 atom stereocenters. The molecule has 1 unspecified atom stereocenters. The number of likely N-dealkylation sites (tertiary alicyclic amines) is 1. The fourth-order valence-electron chi connectivity index (χ4n) is 7.65. The SMILES string of the molecule is COc1ccc(CN2C(=O)[C@H]3[C@@H]4CC[C@H]([C@H]3C2=O)C(C#N)(CC(=O)[C@H](CC2CC2)NC(=O)OCc2ccccc2)C4)cc1. The molecule has 3 amide bonds. The summed E-state index contributed by atoms with van der Waals surface area (Å²) < 4.78 is 10.6. The van der Waals surface area contributed by atoms with Crippen molar-refractivity contribution < 1.29 is 28.7 Å². The Balaban J connectivity index is 1.16. The third kappa shape index (κ3) is 5.75. The van der Waals surface area contributed by atoms with Crippen molar-refractivity contribution in [2.75, 3.05) is 7.11 Å². The van der Waals surface area contributed by atoms with Gasteiger partial charge in [0.2, 0.25) is 11.8 Å². The standard InChI is InChI=1S/C34H37N3O6/c1-42-25-12-9-22(10-13-25)18-37-31(39)29-24-11-14-26(30(29)32(37)40)34(16-24,20-35)17-28(38)27(15-21-7-8-21)36-33(41)43-19-23-5-3-2-4-6-23/h2-6,9-10,12-13,21,24,26-27,29-30H,7-8,11,14-19H2,1H3,(H,36,41)/t24-,26-,27+,29+,30-,34?/m1/s1. The van der Waals surface area contributed by atoms with Crippen LogP contribution in [-0.4, -0.2) is 41.7 Å². The first-order valence-electron chi connectivity index (χ1n) is 15.2. The number of amides is 3. The molecule has 0 aromatic heterocycles. The van der Waals surface area contributed by atoms with Gasteiger partial charge < -0.3 is 14.8 Å². The van der Waals surface area contributed by atoms with E-state index < -0.39 is 29.4 Å². The molecule has 2 bridgehead atoms. The summed E-state index contributed by atoms with van der Waals surface area (Å²) in [4.78, 5) is 55.3. The second-order valence-corrected chi connectivity index (χ2v) is 12.7. The number of alkyl carbamates (subject to hydrolysis) is 1. The van der Waals surface area contributed by atoms with Crippen LogP contribution in [-0.2, 0) is 32.3 Å². The summed E-state index contributed by atoms with van der Waals surface area (Å²) in [5.74, 6) is -1.15. The van der Waals surface area contributed by atoms with E-state index in [1.165, 1.54) is 4.90 Å². The fraction of sp³-hybridized carbons (Fsp3) is 0.500. The molecule has 5 aliphatic rings. The van der Waals surface area contributed by atoms with Gasteiger partial charge in [-0.1, -0.05) is 55.3 Å². The van der Waals surface area contributed by atoms with Crippen LogP contribution < -0.4 is 10.1 Å². The van der Waals surface area contributed by atoms with Gasteiger partial charge in [-0.15, -0.1) is 0 Å². The number of benzene rings is 2. The number of hydrogen-bond acceptors (Lipinski definition) is 7. The van der Waals surface area contributed by atoms with E-state index in [0.717, 1.165) is 30.4 Å². The summed E-state index contributed by atoms with van der Waals surface area (Å²) in [6, 6.07) is 18.3. The maximum atomic E-state index is 13.8. The van der Waals surface area contributed by atoms with Crippen LogP contribution in [0.15, 0.2) is 54.6 Å². The number of carbonyl (C=O) groups is 4. The molecule has 224 valence electrons. The zero-order chi connectivity index (χ0) is 30.1. The lowest BCUT2D eigenvalue weighted by Crippen LogP contribution is -2.54. The van der Waals surface area contributed by atoms with Gasteiger partial charge in [0.25, 0.3) is 0 Å². The molecule has 2 aromatic rings. The van der Waals surface area contributed by atoms with Gasteiger partial charge in [-0.2, -0.15) is 5.26 Å². The summed E-state index contributed by atoms with van der Waals surface area (Å²) in [7, 11) is 1.58. The van der Waals surface area contributed by atoms with Crippen LogP contribution in [0.5, 0.6) is 5.75 Å². The second kappa shape index (κ2) is 11.8. The monoisotopic (exact) mass is 583 g/mol. The van der Waals surface area contributed by atoms with E-state index in [1.54, 1.807) is 19.2 Å². The zero-order valence-corrected chi connectivity index (χ0v) is 24.4. The Labute approximate surface area is 251 Å². The molecule has 1 saturated heterocycles. The van der Waals surface area contributed by atoms with Crippen molar-refractivity contribution in [3.05, 3.63) is 65.7 Å². The maximum absolute atomic E-state index is 13.8. The van der Waals surface area contributed by atoms with Crippen LogP contribution >= 0.6 is 0 Å². The van der Waals surface area contributed by atoms with E-state index in [-0.39, 0.29) is 49.0 Å². The van der Waals surface area contributed by atoms with Gasteiger partial charge >= 0.3 is 6.09 Å². The van der Waals surface area contributed by atoms with Crippen molar-refractivity contribution in [1.29, 1.82) is 5.26 Å². The number of rotatable bonds is 11. The summed E-state index contributed by atoms with van der Waals surface area (Å²) in [6.07, 6.45) is 3.59. The van der Waals surface area contributed by atoms with Crippen molar-refractivity contribution in [3.63, 3.8) is 0 Å². The first kappa shape index (κ1) is 28.9. The number of carbonyl (C=O) groups excluding carboxylic acids is 4. The quantitative estimate of drug-likeness (QED) is 0.377. The lowest BCUT2D eigenvalue weighted by Gasteiger charge is -2.52. The Morgan fingerprint density at radius 2 is 1.72 bits per heavy atom. The number of ether oxygens (including phenoxy) is 2.